The number of hydrogen-bond donors (Lipinski definition) is 1. The van der Waals surface area contributed by atoms with E-state index >= 15 is 0 Å². The van der Waals surface area contributed by atoms with Crippen LogP contribution in [-0.2, 0) is 20.1 Å². The Hall–Kier alpha value is -1.88. The number of anilines is 1. The maximum Gasteiger partial charge on any atom is 0.0967 e. The molecule has 5 nitrogen and oxygen atoms in total. The summed E-state index contributed by atoms with van der Waals surface area (Å²) in [4.78, 5) is 2.35. The second-order valence-corrected chi connectivity index (χ2v) is 5.13. The minimum Gasteiger partial charge on any atom is -0.399 e. The van der Waals surface area contributed by atoms with Crippen LogP contribution in [-0.4, -0.2) is 25.9 Å². The van der Waals surface area contributed by atoms with Gasteiger partial charge in [0.1, 0.15) is 0 Å². The number of rotatable bonds is 5. The fraction of sp³-hybridized carbons (Fsp3) is 0.429. The van der Waals surface area contributed by atoms with Gasteiger partial charge in [0.25, 0.3) is 0 Å². The number of aryl methyl sites for hydroxylation is 1. The van der Waals surface area contributed by atoms with E-state index in [1.807, 2.05) is 31.4 Å². The smallest absolute Gasteiger partial charge is 0.0967 e. The third kappa shape index (κ3) is 3.79. The third-order valence-corrected chi connectivity index (χ3v) is 3.08. The summed E-state index contributed by atoms with van der Waals surface area (Å²) in [6.45, 7) is 6.02. The first-order valence-corrected chi connectivity index (χ1v) is 6.48. The van der Waals surface area contributed by atoms with Gasteiger partial charge in [0.15, 0.2) is 0 Å². The SMILES string of the molecule is CC(C)N(Cc1cccc(N)c1)Cc1cn(C)nn1. The summed E-state index contributed by atoms with van der Waals surface area (Å²) in [6, 6.07) is 8.45. The van der Waals surface area contributed by atoms with Gasteiger partial charge in [0, 0.05) is 38.1 Å². The number of hydrogen-bond acceptors (Lipinski definition) is 4. The first-order chi connectivity index (χ1) is 9.04. The van der Waals surface area contributed by atoms with Crippen LogP contribution in [0.5, 0.6) is 0 Å². The Morgan fingerprint density at radius 3 is 2.68 bits per heavy atom. The van der Waals surface area contributed by atoms with E-state index in [1.165, 1.54) is 5.56 Å². The fourth-order valence-electron chi connectivity index (χ4n) is 2.02. The van der Waals surface area contributed by atoms with Crippen molar-refractivity contribution < 1.29 is 0 Å². The van der Waals surface area contributed by atoms with E-state index in [-0.39, 0.29) is 0 Å². The molecule has 0 spiro atoms. The van der Waals surface area contributed by atoms with Gasteiger partial charge in [-0.1, -0.05) is 17.3 Å². The van der Waals surface area contributed by atoms with Crippen LogP contribution < -0.4 is 5.73 Å². The normalized spacial score (nSPS) is 11.4. The Kier molecular flexibility index (Phi) is 4.16. The predicted molar refractivity (Wildman–Crippen MR) is 76.2 cm³/mol. The minimum atomic E-state index is 0.434. The zero-order valence-electron chi connectivity index (χ0n) is 11.7. The molecule has 1 aromatic carbocycles. The molecule has 2 N–H and O–H groups in total. The standard InChI is InChI=1S/C14H21N5/c1-11(2)19(10-14-9-18(3)17-16-14)8-12-5-4-6-13(15)7-12/h4-7,9,11H,8,10,15H2,1-3H3. The van der Waals surface area contributed by atoms with Crippen LogP contribution in [0, 0.1) is 0 Å². The Morgan fingerprint density at radius 1 is 1.32 bits per heavy atom. The molecule has 0 bridgehead atoms. The van der Waals surface area contributed by atoms with Gasteiger partial charge in [0.2, 0.25) is 0 Å². The van der Waals surface area contributed by atoms with Crippen LogP contribution in [0.1, 0.15) is 25.1 Å². The van der Waals surface area contributed by atoms with Crippen molar-refractivity contribution in [3.05, 3.63) is 41.7 Å². The Balaban J connectivity index is 2.08. The second-order valence-electron chi connectivity index (χ2n) is 5.13. The fourth-order valence-corrected chi connectivity index (χ4v) is 2.02. The van der Waals surface area contributed by atoms with E-state index in [0.717, 1.165) is 24.5 Å². The van der Waals surface area contributed by atoms with Gasteiger partial charge in [-0.3, -0.25) is 9.58 Å². The van der Waals surface area contributed by atoms with E-state index in [4.69, 9.17) is 5.73 Å². The molecule has 0 amide bonds. The molecule has 102 valence electrons. The number of nitrogens with two attached hydrogens (primary N) is 1. The summed E-state index contributed by atoms with van der Waals surface area (Å²) in [6.07, 6.45) is 1.95. The molecule has 0 saturated carbocycles. The van der Waals surface area contributed by atoms with Crippen LogP contribution >= 0.6 is 0 Å². The van der Waals surface area contributed by atoms with Gasteiger partial charge in [-0.25, -0.2) is 0 Å². The molecule has 0 radical (unpaired) electrons. The number of nitrogen functional groups attached to an aromatic ring is 1. The van der Waals surface area contributed by atoms with E-state index in [2.05, 4.69) is 35.1 Å². The largest absolute Gasteiger partial charge is 0.399 e. The first-order valence-electron chi connectivity index (χ1n) is 6.48. The van der Waals surface area contributed by atoms with Crippen molar-refractivity contribution in [2.45, 2.75) is 33.0 Å². The monoisotopic (exact) mass is 259 g/mol. The Morgan fingerprint density at radius 2 is 2.11 bits per heavy atom. The molecule has 2 rings (SSSR count). The molecular formula is C14H21N5. The molecular weight excluding hydrogens is 238 g/mol. The quantitative estimate of drug-likeness (QED) is 0.832. The molecule has 0 fully saturated rings. The third-order valence-electron chi connectivity index (χ3n) is 3.08. The average molecular weight is 259 g/mol. The second kappa shape index (κ2) is 5.84. The van der Waals surface area contributed by atoms with Crippen molar-refractivity contribution in [1.82, 2.24) is 19.9 Å². The lowest BCUT2D eigenvalue weighted by molar-refractivity contribution is 0.201. The highest BCUT2D eigenvalue weighted by molar-refractivity contribution is 5.40. The highest BCUT2D eigenvalue weighted by atomic mass is 15.4. The summed E-state index contributed by atoms with van der Waals surface area (Å²) in [5.74, 6) is 0. The lowest BCUT2D eigenvalue weighted by Gasteiger charge is -2.25. The van der Waals surface area contributed by atoms with Gasteiger partial charge >= 0.3 is 0 Å². The number of benzene rings is 1. The molecule has 0 aliphatic heterocycles. The number of nitrogens with zero attached hydrogens (tertiary/aromatic N) is 4. The van der Waals surface area contributed by atoms with E-state index in [0.29, 0.717) is 6.04 Å². The van der Waals surface area contributed by atoms with Gasteiger partial charge in [-0.15, -0.1) is 5.10 Å². The van der Waals surface area contributed by atoms with Crippen molar-refractivity contribution in [2.75, 3.05) is 5.73 Å². The van der Waals surface area contributed by atoms with E-state index in [9.17, 15) is 0 Å². The van der Waals surface area contributed by atoms with Crippen molar-refractivity contribution >= 4 is 5.69 Å². The van der Waals surface area contributed by atoms with Crippen LogP contribution in [0.3, 0.4) is 0 Å². The van der Waals surface area contributed by atoms with Gasteiger partial charge in [-0.2, -0.15) is 0 Å². The number of aromatic nitrogens is 3. The topological polar surface area (TPSA) is 60.0 Å². The van der Waals surface area contributed by atoms with Gasteiger partial charge in [-0.05, 0) is 31.5 Å². The van der Waals surface area contributed by atoms with Crippen LogP contribution in [0.4, 0.5) is 5.69 Å². The molecule has 2 aromatic rings. The van der Waals surface area contributed by atoms with Crippen molar-refractivity contribution in [1.29, 1.82) is 0 Å². The van der Waals surface area contributed by atoms with Crippen molar-refractivity contribution in [3.8, 4) is 0 Å². The zero-order chi connectivity index (χ0) is 13.8. The first kappa shape index (κ1) is 13.5. The summed E-state index contributed by atoms with van der Waals surface area (Å²) in [7, 11) is 1.88. The van der Waals surface area contributed by atoms with Crippen molar-refractivity contribution in [3.63, 3.8) is 0 Å². The Bertz CT molecular complexity index is 532. The van der Waals surface area contributed by atoms with Crippen molar-refractivity contribution in [2.24, 2.45) is 7.05 Å². The maximum atomic E-state index is 5.82. The molecule has 1 aromatic heterocycles. The summed E-state index contributed by atoms with van der Waals surface area (Å²) in [5.41, 5.74) is 8.83. The minimum absolute atomic E-state index is 0.434. The van der Waals surface area contributed by atoms with Crippen LogP contribution in [0.2, 0.25) is 0 Å². The molecule has 0 aliphatic rings. The highest BCUT2D eigenvalue weighted by Gasteiger charge is 2.12. The molecule has 19 heavy (non-hydrogen) atoms. The maximum absolute atomic E-state index is 5.82. The van der Waals surface area contributed by atoms with Gasteiger partial charge in [0.05, 0.1) is 5.69 Å². The summed E-state index contributed by atoms with van der Waals surface area (Å²) in [5, 5.41) is 8.11. The van der Waals surface area contributed by atoms with E-state index in [1.54, 1.807) is 4.68 Å². The highest BCUT2D eigenvalue weighted by Crippen LogP contribution is 2.14. The predicted octanol–water partition coefficient (Wildman–Crippen LogP) is 1.81. The lowest BCUT2D eigenvalue weighted by atomic mass is 10.1. The Labute approximate surface area is 114 Å². The van der Waals surface area contributed by atoms with Gasteiger partial charge < -0.3 is 5.73 Å². The zero-order valence-corrected chi connectivity index (χ0v) is 11.7. The molecule has 0 aliphatic carbocycles. The molecule has 0 saturated heterocycles. The molecule has 0 atom stereocenters. The lowest BCUT2D eigenvalue weighted by Crippen LogP contribution is -2.30. The molecule has 1 heterocycles. The van der Waals surface area contributed by atoms with Crippen LogP contribution in [0.15, 0.2) is 30.5 Å². The molecule has 0 unspecified atom stereocenters. The average Bonchev–Trinajstić information content (AvgIpc) is 2.74. The van der Waals surface area contributed by atoms with Crippen LogP contribution in [0.25, 0.3) is 0 Å². The summed E-state index contributed by atoms with van der Waals surface area (Å²) < 4.78 is 1.73. The molecule has 5 heteroatoms. The summed E-state index contributed by atoms with van der Waals surface area (Å²) >= 11 is 0. The van der Waals surface area contributed by atoms with E-state index < -0.39 is 0 Å².